The summed E-state index contributed by atoms with van der Waals surface area (Å²) in [5.41, 5.74) is 4.60. The zero-order valence-corrected chi connectivity index (χ0v) is 15.8. The van der Waals surface area contributed by atoms with Gasteiger partial charge in [-0.15, -0.1) is 0 Å². The smallest absolute Gasteiger partial charge is 0.185 e. The Morgan fingerprint density at radius 2 is 1.86 bits per heavy atom. The minimum absolute atomic E-state index is 0.00473. The summed E-state index contributed by atoms with van der Waals surface area (Å²) in [5.74, 6) is -0.648. The molecule has 0 spiro atoms. The van der Waals surface area contributed by atoms with Gasteiger partial charge in [0, 0.05) is 35.2 Å². The number of fused-ring (bicyclic) bond motifs is 2. The summed E-state index contributed by atoms with van der Waals surface area (Å²) in [6.07, 6.45) is 3.59. The number of aromatic amines is 2. The van der Waals surface area contributed by atoms with Crippen molar-refractivity contribution >= 4 is 39.2 Å². The predicted molar refractivity (Wildman–Crippen MR) is 111 cm³/mol. The van der Waals surface area contributed by atoms with Crippen LogP contribution in [0, 0.1) is 5.82 Å². The first-order valence-corrected chi connectivity index (χ1v) is 9.34. The van der Waals surface area contributed by atoms with Gasteiger partial charge in [-0.2, -0.15) is 0 Å². The maximum absolute atomic E-state index is 13.3. The molecule has 5 nitrogen and oxygen atoms in total. The maximum atomic E-state index is 13.3. The fourth-order valence-electron chi connectivity index (χ4n) is 3.45. The van der Waals surface area contributed by atoms with Crippen LogP contribution in [0.2, 0.25) is 5.02 Å². The van der Waals surface area contributed by atoms with Crippen LogP contribution in [-0.4, -0.2) is 25.9 Å². The number of benzene rings is 2. The molecule has 0 aliphatic rings. The third-order valence-corrected chi connectivity index (χ3v) is 5.18. The maximum Gasteiger partial charge on any atom is 0.185 e. The Morgan fingerprint density at radius 3 is 2.66 bits per heavy atom. The number of hydrogen-bond acceptors (Lipinski definition) is 3. The third-order valence-electron chi connectivity index (χ3n) is 4.89. The molecule has 3 aromatic heterocycles. The van der Waals surface area contributed by atoms with Crippen LogP contribution in [0.4, 0.5) is 4.39 Å². The van der Waals surface area contributed by atoms with E-state index in [1.54, 1.807) is 24.5 Å². The Kier molecular flexibility index (Phi) is 4.14. The van der Waals surface area contributed by atoms with Crippen molar-refractivity contribution in [2.75, 3.05) is 0 Å². The number of Topliss-reactive ketones (excluding diaryl/α,β-unsaturated/α-hetero) is 1. The SMILES string of the molecule is O=C(Cc1ccc(F)c(Cl)c1)c1cc2cc3c(-c4ccncc4)[nH][nH]c3cc2n1. The van der Waals surface area contributed by atoms with E-state index >= 15 is 0 Å². The molecule has 3 heterocycles. The minimum Gasteiger partial charge on any atom is -0.300 e. The zero-order valence-electron chi connectivity index (χ0n) is 15.0. The lowest BCUT2D eigenvalue weighted by molar-refractivity contribution is 0.0989. The lowest BCUT2D eigenvalue weighted by Gasteiger charge is -2.00. The summed E-state index contributed by atoms with van der Waals surface area (Å²) in [6, 6.07) is 13.8. The van der Waals surface area contributed by atoms with Crippen LogP contribution >= 0.6 is 11.6 Å². The molecule has 2 aromatic carbocycles. The Balaban J connectivity index is 1.51. The second kappa shape index (κ2) is 6.83. The molecule has 5 aromatic rings. The third kappa shape index (κ3) is 3.17. The molecule has 0 radical (unpaired) electrons. The second-order valence-electron chi connectivity index (χ2n) is 6.81. The molecule has 0 bridgehead atoms. The van der Waals surface area contributed by atoms with Crippen LogP contribution in [0.15, 0.2) is 60.9 Å². The largest absolute Gasteiger partial charge is 0.300 e. The van der Waals surface area contributed by atoms with E-state index < -0.39 is 5.82 Å². The fourth-order valence-corrected chi connectivity index (χ4v) is 3.65. The van der Waals surface area contributed by atoms with Crippen molar-refractivity contribution in [1.29, 1.82) is 0 Å². The van der Waals surface area contributed by atoms with Gasteiger partial charge in [0.05, 0.1) is 21.7 Å². The Hall–Kier alpha value is -3.51. The molecule has 0 amide bonds. The van der Waals surface area contributed by atoms with Gasteiger partial charge in [0.15, 0.2) is 5.78 Å². The topological polar surface area (TPSA) is 74.4 Å². The molecule has 7 heteroatoms. The lowest BCUT2D eigenvalue weighted by atomic mass is 10.1. The van der Waals surface area contributed by atoms with E-state index in [1.807, 2.05) is 24.3 Å². The average molecular weight is 405 g/mol. The molecule has 142 valence electrons. The number of nitrogens with one attached hydrogen (secondary N) is 2. The van der Waals surface area contributed by atoms with Gasteiger partial charge in [0.25, 0.3) is 0 Å². The summed E-state index contributed by atoms with van der Waals surface area (Å²) < 4.78 is 13.3. The lowest BCUT2D eigenvalue weighted by Crippen LogP contribution is -2.04. The van der Waals surface area contributed by atoms with Crippen LogP contribution in [0.3, 0.4) is 0 Å². The van der Waals surface area contributed by atoms with Gasteiger partial charge in [-0.05, 0) is 48.0 Å². The van der Waals surface area contributed by atoms with Crippen LogP contribution in [0.25, 0.3) is 33.1 Å². The second-order valence-corrected chi connectivity index (χ2v) is 7.21. The number of pyridine rings is 1. The number of carbonyl (C=O) groups excluding carboxylic acids is 1. The van der Waals surface area contributed by atoms with Crippen molar-refractivity contribution in [2.24, 2.45) is 0 Å². The number of hydrogen-bond donors (Lipinski definition) is 2. The molecule has 5 rings (SSSR count). The van der Waals surface area contributed by atoms with E-state index in [4.69, 9.17) is 11.6 Å². The van der Waals surface area contributed by atoms with Crippen molar-refractivity contribution in [3.8, 4) is 11.3 Å². The molecule has 0 saturated carbocycles. The molecular weight excluding hydrogens is 391 g/mol. The summed E-state index contributed by atoms with van der Waals surface area (Å²) in [6.45, 7) is 0. The monoisotopic (exact) mass is 404 g/mol. The Morgan fingerprint density at radius 1 is 1.03 bits per heavy atom. The highest BCUT2D eigenvalue weighted by Gasteiger charge is 2.15. The van der Waals surface area contributed by atoms with E-state index in [-0.39, 0.29) is 17.2 Å². The van der Waals surface area contributed by atoms with Gasteiger partial charge in [0.1, 0.15) is 11.5 Å². The summed E-state index contributed by atoms with van der Waals surface area (Å²) in [5, 5.41) is 8.21. The van der Waals surface area contributed by atoms with Crippen LogP contribution in [0.5, 0.6) is 0 Å². The van der Waals surface area contributed by atoms with Gasteiger partial charge in [-0.3, -0.25) is 14.9 Å². The first kappa shape index (κ1) is 17.6. The minimum atomic E-state index is -0.503. The van der Waals surface area contributed by atoms with E-state index in [0.717, 1.165) is 33.1 Å². The molecule has 0 unspecified atom stereocenters. The number of ketones is 1. The van der Waals surface area contributed by atoms with Gasteiger partial charge in [-0.25, -0.2) is 9.37 Å². The highest BCUT2D eigenvalue weighted by Crippen LogP contribution is 2.30. The molecule has 0 aliphatic carbocycles. The van der Waals surface area contributed by atoms with Gasteiger partial charge in [0.2, 0.25) is 0 Å². The van der Waals surface area contributed by atoms with Gasteiger partial charge in [-0.1, -0.05) is 17.7 Å². The van der Waals surface area contributed by atoms with E-state index in [9.17, 15) is 9.18 Å². The van der Waals surface area contributed by atoms with Crippen molar-refractivity contribution in [2.45, 2.75) is 6.42 Å². The molecule has 29 heavy (non-hydrogen) atoms. The number of nitrogens with zero attached hydrogens (tertiary/aromatic N) is 2. The van der Waals surface area contributed by atoms with Crippen molar-refractivity contribution in [3.63, 3.8) is 0 Å². The molecule has 0 fully saturated rings. The number of halogens is 2. The molecule has 0 aliphatic heterocycles. The molecule has 0 saturated heterocycles. The normalized spacial score (nSPS) is 11.4. The van der Waals surface area contributed by atoms with Crippen molar-refractivity contribution in [1.82, 2.24) is 20.2 Å². The molecular formula is C22H14ClFN4O. The van der Waals surface area contributed by atoms with E-state index in [1.165, 1.54) is 12.1 Å². The van der Waals surface area contributed by atoms with E-state index in [2.05, 4.69) is 20.2 Å². The highest BCUT2D eigenvalue weighted by molar-refractivity contribution is 6.30. The van der Waals surface area contributed by atoms with Crippen LogP contribution < -0.4 is 0 Å². The average Bonchev–Trinajstić information content (AvgIpc) is 3.33. The van der Waals surface area contributed by atoms with Crippen molar-refractivity contribution in [3.05, 3.63) is 83.0 Å². The van der Waals surface area contributed by atoms with Crippen molar-refractivity contribution < 1.29 is 9.18 Å². The van der Waals surface area contributed by atoms with Gasteiger partial charge >= 0.3 is 0 Å². The number of aromatic nitrogens is 4. The molecule has 2 N–H and O–H groups in total. The van der Waals surface area contributed by atoms with E-state index in [0.29, 0.717) is 11.3 Å². The predicted octanol–water partition coefficient (Wildman–Crippen LogP) is 5.32. The molecule has 0 atom stereocenters. The zero-order chi connectivity index (χ0) is 20.0. The quantitative estimate of drug-likeness (QED) is 0.398. The number of rotatable bonds is 4. The first-order chi connectivity index (χ1) is 14.1. The van der Waals surface area contributed by atoms with Crippen LogP contribution in [0.1, 0.15) is 16.1 Å². The first-order valence-electron chi connectivity index (χ1n) is 8.97. The standard InChI is InChI=1S/C22H14ClFN4O/c23-16-7-12(1-2-17(16)24)8-21(29)20-10-14-9-15-19(11-18(14)26-20)27-28-22(15)13-3-5-25-6-4-13/h1-7,9-11,27-28H,8H2. The Labute approximate surface area is 169 Å². The van der Waals surface area contributed by atoms with Gasteiger partial charge < -0.3 is 5.10 Å². The summed E-state index contributed by atoms with van der Waals surface area (Å²) in [4.78, 5) is 21.2. The fraction of sp³-hybridized carbons (Fsp3) is 0.0455. The van der Waals surface area contributed by atoms with Crippen LogP contribution in [-0.2, 0) is 6.42 Å². The highest BCUT2D eigenvalue weighted by atomic mass is 35.5. The number of H-pyrrole nitrogens is 2. The number of carbonyl (C=O) groups is 1. The summed E-state index contributed by atoms with van der Waals surface area (Å²) in [7, 11) is 0. The summed E-state index contributed by atoms with van der Waals surface area (Å²) >= 11 is 5.81. The Bertz CT molecular complexity index is 1370.